The molecule has 0 aliphatic rings. The van der Waals surface area contributed by atoms with Gasteiger partial charge in [-0.1, -0.05) is 34.2 Å². The van der Waals surface area contributed by atoms with Crippen LogP contribution in [0.2, 0.25) is 5.02 Å². The van der Waals surface area contributed by atoms with E-state index in [0.717, 1.165) is 29.0 Å². The molecule has 10 aromatic rings. The lowest BCUT2D eigenvalue weighted by atomic mass is 10.1. The second-order valence-corrected chi connectivity index (χ2v) is 15.5. The van der Waals surface area contributed by atoms with Crippen LogP contribution in [0.3, 0.4) is 0 Å². The van der Waals surface area contributed by atoms with Crippen molar-refractivity contribution in [1.29, 1.82) is 0 Å². The van der Waals surface area contributed by atoms with E-state index in [-0.39, 0.29) is 24.7 Å². The molecule has 0 saturated heterocycles. The highest BCUT2D eigenvalue weighted by Gasteiger charge is 2.31. The van der Waals surface area contributed by atoms with Gasteiger partial charge in [0.25, 0.3) is 0 Å². The third kappa shape index (κ3) is 12.8. The number of ether oxygens (including phenoxy) is 2. The highest BCUT2D eigenvalue weighted by molar-refractivity contribution is 6.30. The summed E-state index contributed by atoms with van der Waals surface area (Å²) in [6.45, 7) is 1.24. The van der Waals surface area contributed by atoms with Crippen molar-refractivity contribution in [2.45, 2.75) is 32.5 Å². The Morgan fingerprint density at radius 3 is 1.44 bits per heavy atom. The second kappa shape index (κ2) is 21.5. The summed E-state index contributed by atoms with van der Waals surface area (Å²) in [6.07, 6.45) is 13.9. The van der Waals surface area contributed by atoms with Crippen LogP contribution in [0.25, 0.3) is 47.2 Å². The topological polar surface area (TPSA) is 184 Å². The molecule has 358 valence electrons. The van der Waals surface area contributed by atoms with Gasteiger partial charge in [0, 0.05) is 51.8 Å². The Balaban J connectivity index is 0.000000176. The summed E-state index contributed by atoms with van der Waals surface area (Å²) in [7, 11) is 0. The van der Waals surface area contributed by atoms with Crippen LogP contribution in [-0.4, -0.2) is 49.9 Å². The van der Waals surface area contributed by atoms with Crippen molar-refractivity contribution in [3.63, 3.8) is 0 Å². The lowest BCUT2D eigenvalue weighted by molar-refractivity contribution is -0.137. The Morgan fingerprint density at radius 1 is 0.535 bits per heavy atom. The van der Waals surface area contributed by atoms with E-state index in [2.05, 4.69) is 40.6 Å². The molecule has 0 bridgehead atoms. The van der Waals surface area contributed by atoms with E-state index in [1.54, 1.807) is 95.2 Å². The zero-order chi connectivity index (χ0) is 49.2. The van der Waals surface area contributed by atoms with Gasteiger partial charge in [0.15, 0.2) is 0 Å². The van der Waals surface area contributed by atoms with E-state index in [9.17, 15) is 22.0 Å². The molecule has 0 N–H and O–H groups in total. The Labute approximate surface area is 403 Å². The zero-order valence-corrected chi connectivity index (χ0v) is 37.3. The first kappa shape index (κ1) is 47.1. The summed E-state index contributed by atoms with van der Waals surface area (Å²) >= 11 is 5.77. The SMILES string of the molecule is Fc1cc(C(F)(F)F)ccc1/C=C/c1nc(COc2ccc(-c3nc(Cn4ccnn4)co3)cc2)co1.Fc1cc(Cl)ccc1/C=C/c1nc(COc2ccc(-c3nc(Cn4ccnn4)co3)cc2)co1. The lowest BCUT2D eigenvalue weighted by Crippen LogP contribution is -2.05. The van der Waals surface area contributed by atoms with Gasteiger partial charge in [-0.15, -0.1) is 10.2 Å². The maximum Gasteiger partial charge on any atom is 0.416 e. The maximum absolute atomic E-state index is 14.0. The van der Waals surface area contributed by atoms with E-state index in [1.807, 2.05) is 24.3 Å². The van der Waals surface area contributed by atoms with E-state index in [4.69, 9.17) is 38.7 Å². The number of aromatic nitrogens is 10. The van der Waals surface area contributed by atoms with Gasteiger partial charge in [0.1, 0.15) is 84.2 Å². The van der Waals surface area contributed by atoms with Crippen molar-refractivity contribution in [2.24, 2.45) is 0 Å². The molecule has 0 radical (unpaired) electrons. The van der Waals surface area contributed by atoms with Gasteiger partial charge in [-0.05, 0) is 84.9 Å². The van der Waals surface area contributed by atoms with Crippen LogP contribution in [0.1, 0.15) is 51.2 Å². The molecule has 0 spiro atoms. The zero-order valence-electron chi connectivity index (χ0n) is 36.5. The molecule has 16 nitrogen and oxygen atoms in total. The molecule has 0 fully saturated rings. The van der Waals surface area contributed by atoms with E-state index in [1.165, 1.54) is 30.7 Å². The van der Waals surface area contributed by atoms with Crippen molar-refractivity contribution in [3.8, 4) is 34.4 Å². The smallest absolute Gasteiger partial charge is 0.416 e. The first-order valence-corrected chi connectivity index (χ1v) is 21.4. The summed E-state index contributed by atoms with van der Waals surface area (Å²) in [4.78, 5) is 17.4. The fourth-order valence-electron chi connectivity index (χ4n) is 6.42. The first-order valence-electron chi connectivity index (χ1n) is 21.1. The molecule has 0 saturated carbocycles. The van der Waals surface area contributed by atoms with Gasteiger partial charge in [-0.25, -0.2) is 38.1 Å². The largest absolute Gasteiger partial charge is 0.487 e. The Kier molecular flexibility index (Phi) is 14.3. The molecular weight excluding hydrogens is 955 g/mol. The molecule has 6 aromatic heterocycles. The Hall–Kier alpha value is -8.98. The van der Waals surface area contributed by atoms with Crippen molar-refractivity contribution in [1.82, 2.24) is 49.9 Å². The fraction of sp³-hybridized carbons (Fsp3) is 0.102. The molecule has 0 aliphatic heterocycles. The van der Waals surface area contributed by atoms with E-state index in [0.29, 0.717) is 76.0 Å². The molecule has 22 heteroatoms. The highest BCUT2D eigenvalue weighted by atomic mass is 35.5. The standard InChI is InChI=1S/C25H17F4N5O3.C24H17ClFN5O3/c26-22-11-18(25(27,28)29)5-1-16(22)4-8-23-31-20(15-36-23)14-35-21-6-2-17(3-7-21)24-32-19(13-37-24)12-34-10-9-30-33-34;25-18-5-1-16(22(26)11-18)4-8-23-28-20(15-33-23)14-32-21-6-2-17(3-7-21)24-29-19(13-34-24)12-31-10-9-27-30-31/h1-11,13,15H,12,14H2;1-11,13,15H,12,14H2/b2*8-4+. The summed E-state index contributed by atoms with van der Waals surface area (Å²) in [5.74, 6) is 1.27. The van der Waals surface area contributed by atoms with Crippen LogP contribution in [0, 0.1) is 11.6 Å². The summed E-state index contributed by atoms with van der Waals surface area (Å²) in [5, 5.41) is 15.7. The van der Waals surface area contributed by atoms with Crippen LogP contribution in [0.15, 0.2) is 152 Å². The summed E-state index contributed by atoms with van der Waals surface area (Å²) < 4.78 is 102. The number of oxazole rings is 4. The van der Waals surface area contributed by atoms with Crippen LogP contribution < -0.4 is 9.47 Å². The average molecular weight is 989 g/mol. The molecular formula is C49H34ClF5N10O6. The lowest BCUT2D eigenvalue weighted by Gasteiger charge is -2.07. The van der Waals surface area contributed by atoms with Gasteiger partial charge >= 0.3 is 6.18 Å². The van der Waals surface area contributed by atoms with Crippen LogP contribution in [0.5, 0.6) is 11.5 Å². The van der Waals surface area contributed by atoms with Crippen LogP contribution in [-0.2, 0) is 32.5 Å². The van der Waals surface area contributed by atoms with Crippen molar-refractivity contribution < 1.29 is 49.1 Å². The number of nitrogens with zero attached hydrogens (tertiary/aromatic N) is 10. The highest BCUT2D eigenvalue weighted by Crippen LogP contribution is 2.31. The van der Waals surface area contributed by atoms with E-state index >= 15 is 0 Å². The summed E-state index contributed by atoms with van der Waals surface area (Å²) in [5.41, 5.74) is 3.42. The van der Waals surface area contributed by atoms with Crippen molar-refractivity contribution >= 4 is 35.9 Å². The molecule has 71 heavy (non-hydrogen) atoms. The maximum atomic E-state index is 14.0. The van der Waals surface area contributed by atoms with Crippen molar-refractivity contribution in [2.75, 3.05) is 0 Å². The van der Waals surface area contributed by atoms with Gasteiger partial charge in [0.2, 0.25) is 23.6 Å². The summed E-state index contributed by atoms with van der Waals surface area (Å²) in [6, 6.07) is 21.2. The molecule has 0 amide bonds. The molecule has 6 heterocycles. The minimum atomic E-state index is -4.61. The van der Waals surface area contributed by atoms with Gasteiger partial charge in [-0.3, -0.25) is 0 Å². The number of hydrogen-bond acceptors (Lipinski definition) is 14. The number of benzene rings is 4. The molecule has 4 aromatic carbocycles. The minimum Gasteiger partial charge on any atom is -0.487 e. The predicted octanol–water partition coefficient (Wildman–Crippen LogP) is 11.4. The number of rotatable bonds is 16. The number of halogens is 6. The third-order valence-corrected chi connectivity index (χ3v) is 10.1. The third-order valence-electron chi connectivity index (χ3n) is 9.91. The van der Waals surface area contributed by atoms with Crippen LogP contribution in [0.4, 0.5) is 22.0 Å². The van der Waals surface area contributed by atoms with Crippen LogP contribution >= 0.6 is 11.6 Å². The van der Waals surface area contributed by atoms with Gasteiger partial charge in [-0.2, -0.15) is 13.2 Å². The average Bonchev–Trinajstić information content (AvgIpc) is 4.24. The normalized spacial score (nSPS) is 11.6. The van der Waals surface area contributed by atoms with Gasteiger partial charge in [0.05, 0.1) is 31.0 Å². The Morgan fingerprint density at radius 2 is 1.00 bits per heavy atom. The first-order chi connectivity index (χ1) is 34.4. The second-order valence-electron chi connectivity index (χ2n) is 15.0. The number of alkyl halides is 3. The molecule has 0 aliphatic carbocycles. The van der Waals surface area contributed by atoms with Gasteiger partial charge < -0.3 is 27.1 Å². The number of hydrogen-bond donors (Lipinski definition) is 0. The minimum absolute atomic E-state index is 0.0272. The molecule has 0 atom stereocenters. The Bertz CT molecular complexity index is 3370. The predicted molar refractivity (Wildman–Crippen MR) is 244 cm³/mol. The van der Waals surface area contributed by atoms with Crippen molar-refractivity contribution in [3.05, 3.63) is 203 Å². The quantitative estimate of drug-likeness (QED) is 0.0833. The van der Waals surface area contributed by atoms with E-state index < -0.39 is 23.4 Å². The fourth-order valence-corrected chi connectivity index (χ4v) is 6.58. The monoisotopic (exact) mass is 988 g/mol. The molecule has 0 unspecified atom stereocenters. The molecule has 10 rings (SSSR count).